The molecule has 0 saturated heterocycles. The summed E-state index contributed by atoms with van der Waals surface area (Å²) in [6.45, 7) is 0. The van der Waals surface area contributed by atoms with E-state index in [-0.39, 0.29) is 11.8 Å². The summed E-state index contributed by atoms with van der Waals surface area (Å²) in [6, 6.07) is 6.87. The number of rotatable bonds is 4. The van der Waals surface area contributed by atoms with Crippen LogP contribution in [-0.4, -0.2) is 42.8 Å². The highest BCUT2D eigenvalue weighted by Gasteiger charge is 2.07. The zero-order valence-electron chi connectivity index (χ0n) is 10.2. The van der Waals surface area contributed by atoms with E-state index in [4.69, 9.17) is 0 Å². The predicted octanol–water partition coefficient (Wildman–Crippen LogP) is 1.69. The van der Waals surface area contributed by atoms with E-state index in [1.54, 1.807) is 38.4 Å². The summed E-state index contributed by atoms with van der Waals surface area (Å²) in [4.78, 5) is 24.5. The minimum atomic E-state index is -0.0491. The number of thioether (sulfide) groups is 1. The fourth-order valence-electron chi connectivity index (χ4n) is 1.28. The van der Waals surface area contributed by atoms with E-state index < -0.39 is 0 Å². The standard InChI is InChI=1S/C12H16N2O2S/c1-14(2)12(16)9-4-6-10(7-5-9)13-11(15)8-17-3/h4-7H,8H2,1-3H3,(H,13,15). The Morgan fingerprint density at radius 1 is 1.24 bits per heavy atom. The zero-order chi connectivity index (χ0) is 12.8. The monoisotopic (exact) mass is 252 g/mol. The molecule has 0 spiro atoms. The fraction of sp³-hybridized carbons (Fsp3) is 0.333. The molecule has 0 aliphatic carbocycles. The minimum Gasteiger partial charge on any atom is -0.345 e. The van der Waals surface area contributed by atoms with E-state index in [0.29, 0.717) is 17.0 Å². The number of benzene rings is 1. The number of hydrogen-bond donors (Lipinski definition) is 1. The van der Waals surface area contributed by atoms with Crippen LogP contribution in [0.25, 0.3) is 0 Å². The van der Waals surface area contributed by atoms with Gasteiger partial charge >= 0.3 is 0 Å². The Hall–Kier alpha value is -1.49. The Morgan fingerprint density at radius 3 is 2.29 bits per heavy atom. The molecule has 0 aliphatic rings. The Morgan fingerprint density at radius 2 is 1.82 bits per heavy atom. The molecule has 0 atom stereocenters. The molecule has 0 aromatic heterocycles. The largest absolute Gasteiger partial charge is 0.345 e. The molecule has 4 nitrogen and oxygen atoms in total. The van der Waals surface area contributed by atoms with Crippen molar-refractivity contribution in [3.63, 3.8) is 0 Å². The molecule has 5 heteroatoms. The van der Waals surface area contributed by atoms with Crippen molar-refractivity contribution in [2.75, 3.05) is 31.4 Å². The van der Waals surface area contributed by atoms with Crippen LogP contribution in [0.1, 0.15) is 10.4 Å². The van der Waals surface area contributed by atoms with Crippen molar-refractivity contribution in [1.82, 2.24) is 4.90 Å². The van der Waals surface area contributed by atoms with Crippen molar-refractivity contribution in [2.45, 2.75) is 0 Å². The Kier molecular flexibility index (Phi) is 5.03. The van der Waals surface area contributed by atoms with Gasteiger partial charge in [-0.15, -0.1) is 0 Å². The molecule has 1 aromatic rings. The summed E-state index contributed by atoms with van der Waals surface area (Å²) >= 11 is 1.47. The maximum atomic E-state index is 11.6. The first-order valence-electron chi connectivity index (χ1n) is 5.15. The van der Waals surface area contributed by atoms with E-state index in [9.17, 15) is 9.59 Å². The van der Waals surface area contributed by atoms with Crippen molar-refractivity contribution in [3.8, 4) is 0 Å². The van der Waals surface area contributed by atoms with Crippen molar-refractivity contribution in [2.24, 2.45) is 0 Å². The molecular formula is C12H16N2O2S. The Bertz CT molecular complexity index is 401. The van der Waals surface area contributed by atoms with Gasteiger partial charge in [-0.3, -0.25) is 9.59 Å². The fourth-order valence-corrected chi connectivity index (χ4v) is 1.62. The normalized spacial score (nSPS) is 9.82. The highest BCUT2D eigenvalue weighted by molar-refractivity contribution is 7.99. The quantitative estimate of drug-likeness (QED) is 0.887. The van der Waals surface area contributed by atoms with Gasteiger partial charge in [-0.2, -0.15) is 11.8 Å². The molecule has 0 bridgehead atoms. The molecule has 1 aromatic carbocycles. The van der Waals surface area contributed by atoms with Crippen LogP contribution in [0.4, 0.5) is 5.69 Å². The van der Waals surface area contributed by atoms with Gasteiger partial charge in [0.15, 0.2) is 0 Å². The molecule has 92 valence electrons. The van der Waals surface area contributed by atoms with Crippen LogP contribution < -0.4 is 5.32 Å². The topological polar surface area (TPSA) is 49.4 Å². The number of amides is 2. The molecule has 0 heterocycles. The van der Waals surface area contributed by atoms with Crippen LogP contribution in [0.5, 0.6) is 0 Å². The van der Waals surface area contributed by atoms with Crippen LogP contribution in [0, 0.1) is 0 Å². The van der Waals surface area contributed by atoms with Gasteiger partial charge in [0.05, 0.1) is 5.75 Å². The molecule has 0 unspecified atom stereocenters. The first kappa shape index (κ1) is 13.6. The van der Waals surface area contributed by atoms with Crippen LogP contribution in [0.3, 0.4) is 0 Å². The smallest absolute Gasteiger partial charge is 0.253 e. The van der Waals surface area contributed by atoms with Crippen molar-refractivity contribution in [3.05, 3.63) is 29.8 Å². The van der Waals surface area contributed by atoms with Gasteiger partial charge in [0.25, 0.3) is 5.91 Å². The average Bonchev–Trinajstić information content (AvgIpc) is 2.29. The van der Waals surface area contributed by atoms with Gasteiger partial charge in [-0.05, 0) is 30.5 Å². The van der Waals surface area contributed by atoms with E-state index in [1.807, 2.05) is 6.26 Å². The molecule has 0 fully saturated rings. The first-order chi connectivity index (χ1) is 8.04. The lowest BCUT2D eigenvalue weighted by Crippen LogP contribution is -2.21. The van der Waals surface area contributed by atoms with Crippen LogP contribution in [0.15, 0.2) is 24.3 Å². The molecule has 1 rings (SSSR count). The molecule has 0 saturated carbocycles. The number of nitrogens with one attached hydrogen (secondary N) is 1. The second kappa shape index (κ2) is 6.30. The van der Waals surface area contributed by atoms with E-state index >= 15 is 0 Å². The Balaban J connectivity index is 2.68. The highest BCUT2D eigenvalue weighted by Crippen LogP contribution is 2.11. The maximum Gasteiger partial charge on any atom is 0.253 e. The molecule has 0 aliphatic heterocycles. The summed E-state index contributed by atoms with van der Waals surface area (Å²) in [5.74, 6) is 0.342. The summed E-state index contributed by atoms with van der Waals surface area (Å²) in [7, 11) is 3.41. The number of nitrogens with zero attached hydrogens (tertiary/aromatic N) is 1. The van der Waals surface area contributed by atoms with Gasteiger partial charge in [-0.25, -0.2) is 0 Å². The van der Waals surface area contributed by atoms with Gasteiger partial charge in [0, 0.05) is 25.3 Å². The number of anilines is 1. The number of carbonyl (C=O) groups excluding carboxylic acids is 2. The van der Waals surface area contributed by atoms with Gasteiger partial charge < -0.3 is 10.2 Å². The number of carbonyl (C=O) groups is 2. The Labute approximate surface area is 105 Å². The summed E-state index contributed by atoms with van der Waals surface area (Å²) in [5.41, 5.74) is 1.32. The molecular weight excluding hydrogens is 236 g/mol. The zero-order valence-corrected chi connectivity index (χ0v) is 11.0. The lowest BCUT2D eigenvalue weighted by Gasteiger charge is -2.10. The third kappa shape index (κ3) is 4.11. The van der Waals surface area contributed by atoms with E-state index in [2.05, 4.69) is 5.32 Å². The molecule has 1 N–H and O–H groups in total. The number of hydrogen-bond acceptors (Lipinski definition) is 3. The van der Waals surface area contributed by atoms with Crippen molar-refractivity contribution >= 4 is 29.3 Å². The first-order valence-corrected chi connectivity index (χ1v) is 6.54. The van der Waals surface area contributed by atoms with Gasteiger partial charge in [0.1, 0.15) is 0 Å². The highest BCUT2D eigenvalue weighted by atomic mass is 32.2. The summed E-state index contributed by atoms with van der Waals surface area (Å²) in [5, 5.41) is 2.75. The van der Waals surface area contributed by atoms with Crippen LogP contribution in [0.2, 0.25) is 0 Å². The lowest BCUT2D eigenvalue weighted by atomic mass is 10.2. The maximum absolute atomic E-state index is 11.6. The van der Waals surface area contributed by atoms with E-state index in [0.717, 1.165) is 0 Å². The second-order valence-corrected chi connectivity index (χ2v) is 4.62. The van der Waals surface area contributed by atoms with E-state index in [1.165, 1.54) is 16.7 Å². The van der Waals surface area contributed by atoms with Crippen molar-refractivity contribution in [1.29, 1.82) is 0 Å². The molecule has 17 heavy (non-hydrogen) atoms. The predicted molar refractivity (Wildman–Crippen MR) is 71.5 cm³/mol. The summed E-state index contributed by atoms with van der Waals surface area (Å²) in [6.07, 6.45) is 1.87. The third-order valence-electron chi connectivity index (χ3n) is 2.10. The van der Waals surface area contributed by atoms with Crippen LogP contribution >= 0.6 is 11.8 Å². The minimum absolute atomic E-state index is 0.0378. The van der Waals surface area contributed by atoms with Crippen molar-refractivity contribution < 1.29 is 9.59 Å². The molecule has 0 radical (unpaired) electrons. The van der Waals surface area contributed by atoms with Gasteiger partial charge in [0.2, 0.25) is 5.91 Å². The third-order valence-corrected chi connectivity index (χ3v) is 2.65. The second-order valence-electron chi connectivity index (χ2n) is 3.76. The summed E-state index contributed by atoms with van der Waals surface area (Å²) < 4.78 is 0. The lowest BCUT2D eigenvalue weighted by molar-refractivity contribution is -0.113. The molecule has 2 amide bonds. The SMILES string of the molecule is CSCC(=O)Nc1ccc(C(=O)N(C)C)cc1. The average molecular weight is 252 g/mol. The van der Waals surface area contributed by atoms with Gasteiger partial charge in [-0.1, -0.05) is 0 Å². The van der Waals surface area contributed by atoms with Crippen LogP contribution in [-0.2, 0) is 4.79 Å².